The van der Waals surface area contributed by atoms with Crippen molar-refractivity contribution in [2.24, 2.45) is 0 Å². The van der Waals surface area contributed by atoms with Crippen LogP contribution in [0.5, 0.6) is 5.75 Å². The molecule has 0 spiro atoms. The number of halogens is 2. The lowest BCUT2D eigenvalue weighted by atomic mass is 10.1. The lowest BCUT2D eigenvalue weighted by Gasteiger charge is -2.25. The van der Waals surface area contributed by atoms with Gasteiger partial charge in [0.1, 0.15) is 11.0 Å². The quantitative estimate of drug-likeness (QED) is 0.319. The number of anilines is 1. The van der Waals surface area contributed by atoms with Crippen LogP contribution in [-0.2, 0) is 4.79 Å². The first kappa shape index (κ1) is 21.9. The summed E-state index contributed by atoms with van der Waals surface area (Å²) in [6.45, 7) is 0. The minimum Gasteiger partial charge on any atom is -0.490 e. The van der Waals surface area contributed by atoms with Crippen molar-refractivity contribution in [3.05, 3.63) is 92.6 Å². The van der Waals surface area contributed by atoms with Crippen LogP contribution in [0.2, 0.25) is 10.0 Å². The van der Waals surface area contributed by atoms with Gasteiger partial charge in [0.25, 0.3) is 0 Å². The number of ether oxygens (including phenoxy) is 1. The van der Waals surface area contributed by atoms with E-state index in [1.165, 1.54) is 18.9 Å². The molecule has 1 saturated heterocycles. The largest absolute Gasteiger partial charge is 0.490 e. The fourth-order valence-electron chi connectivity index (χ4n) is 3.90. The van der Waals surface area contributed by atoms with Gasteiger partial charge in [0.05, 0.1) is 28.3 Å². The third-order valence-corrected chi connectivity index (χ3v) is 7.40. The van der Waals surface area contributed by atoms with Crippen LogP contribution >= 0.6 is 35.0 Å². The van der Waals surface area contributed by atoms with Crippen molar-refractivity contribution in [1.82, 2.24) is 0 Å². The van der Waals surface area contributed by atoms with Crippen molar-refractivity contribution in [2.75, 3.05) is 17.8 Å². The molecule has 3 aromatic carbocycles. The van der Waals surface area contributed by atoms with E-state index in [9.17, 15) is 9.59 Å². The number of thioether (sulfide) groups is 1. The number of benzene rings is 3. The smallest absolute Gasteiger partial charge is 0.238 e. The maximum atomic E-state index is 13.3. The molecule has 0 bridgehead atoms. The molecular formula is C25H17Cl2NO4S. The molecule has 1 fully saturated rings. The number of carbonyl (C=O) groups is 1. The first-order valence-electron chi connectivity index (χ1n) is 10.1. The second-order valence-corrected chi connectivity index (χ2v) is 9.32. The van der Waals surface area contributed by atoms with E-state index in [2.05, 4.69) is 0 Å². The van der Waals surface area contributed by atoms with Gasteiger partial charge in [-0.1, -0.05) is 59.6 Å². The third-order valence-electron chi connectivity index (χ3n) is 5.45. The van der Waals surface area contributed by atoms with E-state index >= 15 is 0 Å². The van der Waals surface area contributed by atoms with E-state index in [1.54, 1.807) is 35.2 Å². The molecule has 8 heteroatoms. The molecule has 2 heterocycles. The van der Waals surface area contributed by atoms with Gasteiger partial charge >= 0.3 is 0 Å². The molecule has 1 aliphatic heterocycles. The highest BCUT2D eigenvalue weighted by atomic mass is 35.5. The zero-order valence-electron chi connectivity index (χ0n) is 17.4. The number of amides is 1. The SMILES string of the molecule is COc1c(-c2ccccc2)oc2ccc(N3C(=O)CSC3c3ccc(Cl)c(Cl)c3)cc2c1=O. The molecule has 5 nitrogen and oxygen atoms in total. The molecule has 0 saturated carbocycles. The van der Waals surface area contributed by atoms with Crippen LogP contribution in [0, 0.1) is 0 Å². The molecular weight excluding hydrogens is 481 g/mol. The van der Waals surface area contributed by atoms with E-state index in [4.69, 9.17) is 32.4 Å². The van der Waals surface area contributed by atoms with Gasteiger partial charge in [0.2, 0.25) is 17.1 Å². The van der Waals surface area contributed by atoms with E-state index in [0.29, 0.717) is 38.2 Å². The Morgan fingerprint density at radius 2 is 1.79 bits per heavy atom. The second-order valence-electron chi connectivity index (χ2n) is 7.44. The van der Waals surface area contributed by atoms with Crippen LogP contribution in [0.25, 0.3) is 22.3 Å². The Morgan fingerprint density at radius 3 is 2.52 bits per heavy atom. The van der Waals surface area contributed by atoms with Gasteiger partial charge in [-0.15, -0.1) is 11.8 Å². The maximum Gasteiger partial charge on any atom is 0.238 e. The lowest BCUT2D eigenvalue weighted by Crippen LogP contribution is -2.28. The lowest BCUT2D eigenvalue weighted by molar-refractivity contribution is -0.115. The number of fused-ring (bicyclic) bond motifs is 1. The van der Waals surface area contributed by atoms with Gasteiger partial charge in [0, 0.05) is 11.3 Å². The number of carbonyl (C=O) groups excluding carboxylic acids is 1. The summed E-state index contributed by atoms with van der Waals surface area (Å²) in [6, 6.07) is 19.8. The van der Waals surface area contributed by atoms with Crippen LogP contribution in [0.15, 0.2) is 75.9 Å². The fourth-order valence-corrected chi connectivity index (χ4v) is 5.37. The molecule has 0 N–H and O–H groups in total. The van der Waals surface area contributed by atoms with Crippen LogP contribution < -0.4 is 15.1 Å². The maximum absolute atomic E-state index is 13.3. The van der Waals surface area contributed by atoms with Crippen molar-refractivity contribution in [3.63, 3.8) is 0 Å². The van der Waals surface area contributed by atoms with E-state index in [1.807, 2.05) is 36.4 Å². The first-order valence-corrected chi connectivity index (χ1v) is 11.9. The van der Waals surface area contributed by atoms with Gasteiger partial charge in [-0.2, -0.15) is 0 Å². The summed E-state index contributed by atoms with van der Waals surface area (Å²) >= 11 is 13.8. The molecule has 0 radical (unpaired) electrons. The van der Waals surface area contributed by atoms with E-state index in [-0.39, 0.29) is 22.5 Å². The number of rotatable bonds is 4. The van der Waals surface area contributed by atoms with Crippen LogP contribution in [-0.4, -0.2) is 18.8 Å². The molecule has 5 rings (SSSR count). The molecule has 1 unspecified atom stereocenters. The van der Waals surface area contributed by atoms with Crippen LogP contribution in [0.1, 0.15) is 10.9 Å². The Labute approximate surface area is 203 Å². The predicted molar refractivity (Wildman–Crippen MR) is 134 cm³/mol. The Bertz CT molecular complexity index is 1440. The van der Waals surface area contributed by atoms with Crippen molar-refractivity contribution in [1.29, 1.82) is 0 Å². The number of hydrogen-bond acceptors (Lipinski definition) is 5. The van der Waals surface area contributed by atoms with Gasteiger partial charge in [-0.3, -0.25) is 14.5 Å². The second kappa shape index (κ2) is 8.78. The predicted octanol–water partition coefficient (Wildman–Crippen LogP) is 6.55. The average Bonchev–Trinajstić information content (AvgIpc) is 3.22. The molecule has 1 aromatic heterocycles. The van der Waals surface area contributed by atoms with E-state index < -0.39 is 0 Å². The molecule has 0 aliphatic carbocycles. The summed E-state index contributed by atoms with van der Waals surface area (Å²) in [5, 5.41) is 0.918. The van der Waals surface area contributed by atoms with Crippen molar-refractivity contribution in [3.8, 4) is 17.1 Å². The minimum atomic E-state index is -0.301. The van der Waals surface area contributed by atoms with Gasteiger partial charge < -0.3 is 9.15 Å². The zero-order valence-corrected chi connectivity index (χ0v) is 19.7. The molecule has 1 aliphatic rings. The Hall–Kier alpha value is -2.93. The minimum absolute atomic E-state index is 0.0623. The van der Waals surface area contributed by atoms with Gasteiger partial charge in [0.15, 0.2) is 5.76 Å². The number of hydrogen-bond donors (Lipinski definition) is 0. The monoisotopic (exact) mass is 497 g/mol. The van der Waals surface area contributed by atoms with Crippen molar-refractivity contribution >= 4 is 57.5 Å². The topological polar surface area (TPSA) is 59.8 Å². The molecule has 33 heavy (non-hydrogen) atoms. The number of nitrogens with zero attached hydrogens (tertiary/aromatic N) is 1. The Kier molecular flexibility index (Phi) is 5.83. The van der Waals surface area contributed by atoms with Gasteiger partial charge in [-0.25, -0.2) is 0 Å². The fraction of sp³-hybridized carbons (Fsp3) is 0.120. The highest BCUT2D eigenvalue weighted by Crippen LogP contribution is 2.43. The summed E-state index contributed by atoms with van der Waals surface area (Å²) in [6.07, 6.45) is 0. The molecule has 166 valence electrons. The first-order chi connectivity index (χ1) is 16.0. The van der Waals surface area contributed by atoms with E-state index in [0.717, 1.165) is 11.1 Å². The summed E-state index contributed by atoms with van der Waals surface area (Å²) in [4.78, 5) is 27.8. The standard InChI is InChI=1S/C25H17Cl2NO4S/c1-31-24-22(30)17-12-16(8-10-20(17)32-23(24)14-5-3-2-4-6-14)28-21(29)13-33-25(28)15-7-9-18(26)19(27)11-15/h2-12,25H,13H2,1H3. The normalized spacial score (nSPS) is 15.9. The Balaban J connectivity index is 1.63. The number of methoxy groups -OCH3 is 1. The summed E-state index contributed by atoms with van der Waals surface area (Å²) in [5.41, 5.74) is 2.29. The van der Waals surface area contributed by atoms with Crippen LogP contribution in [0.3, 0.4) is 0 Å². The summed E-state index contributed by atoms with van der Waals surface area (Å²) in [7, 11) is 1.44. The highest BCUT2D eigenvalue weighted by Gasteiger charge is 2.34. The van der Waals surface area contributed by atoms with Crippen molar-refractivity contribution in [2.45, 2.75) is 5.37 Å². The molecule has 4 aromatic rings. The van der Waals surface area contributed by atoms with Gasteiger partial charge in [-0.05, 0) is 35.9 Å². The highest BCUT2D eigenvalue weighted by molar-refractivity contribution is 8.00. The summed E-state index contributed by atoms with van der Waals surface area (Å²) in [5.74, 6) is 0.736. The third kappa shape index (κ3) is 3.88. The zero-order chi connectivity index (χ0) is 23.1. The van der Waals surface area contributed by atoms with Crippen LogP contribution in [0.4, 0.5) is 5.69 Å². The Morgan fingerprint density at radius 1 is 1.00 bits per heavy atom. The summed E-state index contributed by atoms with van der Waals surface area (Å²) < 4.78 is 11.5. The van der Waals surface area contributed by atoms with Crippen molar-refractivity contribution < 1.29 is 13.9 Å². The molecule has 1 atom stereocenters. The molecule has 1 amide bonds. The average molecular weight is 498 g/mol.